The third kappa shape index (κ3) is 3.33. The Balaban J connectivity index is 2.20. The van der Waals surface area contributed by atoms with Crippen LogP contribution in [0.25, 0.3) is 22.4 Å². The van der Waals surface area contributed by atoms with Crippen molar-refractivity contribution in [2.45, 2.75) is 0 Å². The lowest BCUT2D eigenvalue weighted by Gasteiger charge is -2.10. The van der Waals surface area contributed by atoms with Gasteiger partial charge >= 0.3 is 0 Å². The van der Waals surface area contributed by atoms with Crippen molar-refractivity contribution in [2.75, 3.05) is 0 Å². The van der Waals surface area contributed by atoms with E-state index in [1.807, 2.05) is 30.3 Å². The standard InChI is InChI=1S/C18H9Cl3N2/c19-13-5-1-11(2-6-13)15-9-17(23-18(21)16(15)10-22)12-3-7-14(20)8-4-12/h1-9H. The molecule has 0 unspecified atom stereocenters. The number of nitriles is 1. The zero-order valence-electron chi connectivity index (χ0n) is 11.7. The van der Waals surface area contributed by atoms with Gasteiger partial charge in [0.15, 0.2) is 0 Å². The molecular weight excluding hydrogens is 351 g/mol. The van der Waals surface area contributed by atoms with Crippen LogP contribution in [-0.2, 0) is 0 Å². The van der Waals surface area contributed by atoms with Crippen LogP contribution in [0, 0.1) is 11.3 Å². The number of benzene rings is 2. The minimum absolute atomic E-state index is 0.171. The quantitative estimate of drug-likeness (QED) is 0.507. The van der Waals surface area contributed by atoms with Crippen molar-refractivity contribution >= 4 is 34.8 Å². The van der Waals surface area contributed by atoms with Crippen LogP contribution in [-0.4, -0.2) is 4.98 Å². The van der Waals surface area contributed by atoms with E-state index in [2.05, 4.69) is 11.1 Å². The number of pyridine rings is 1. The number of halogens is 3. The summed E-state index contributed by atoms with van der Waals surface area (Å²) < 4.78 is 0. The molecule has 1 aromatic heterocycles. The Kier molecular flexibility index (Phi) is 4.54. The predicted octanol–water partition coefficient (Wildman–Crippen LogP) is 6.25. The highest BCUT2D eigenvalue weighted by Gasteiger charge is 2.14. The highest BCUT2D eigenvalue weighted by Crippen LogP contribution is 2.32. The van der Waals surface area contributed by atoms with E-state index < -0.39 is 0 Å². The molecule has 0 fully saturated rings. The first-order valence-corrected chi connectivity index (χ1v) is 7.84. The van der Waals surface area contributed by atoms with Crippen molar-refractivity contribution in [1.82, 2.24) is 4.98 Å². The van der Waals surface area contributed by atoms with Crippen molar-refractivity contribution in [2.24, 2.45) is 0 Å². The maximum atomic E-state index is 9.40. The van der Waals surface area contributed by atoms with Crippen molar-refractivity contribution in [3.05, 3.63) is 75.4 Å². The first-order chi connectivity index (χ1) is 11.1. The van der Waals surface area contributed by atoms with E-state index in [0.717, 1.165) is 11.1 Å². The van der Waals surface area contributed by atoms with Gasteiger partial charge in [0.1, 0.15) is 11.2 Å². The van der Waals surface area contributed by atoms with E-state index in [1.165, 1.54) is 0 Å². The van der Waals surface area contributed by atoms with E-state index in [0.29, 0.717) is 26.9 Å². The molecule has 0 aliphatic heterocycles. The summed E-state index contributed by atoms with van der Waals surface area (Å²) in [5.41, 5.74) is 3.46. The number of rotatable bonds is 2. The zero-order chi connectivity index (χ0) is 16.4. The fourth-order valence-electron chi connectivity index (χ4n) is 2.25. The molecule has 3 rings (SSSR count). The SMILES string of the molecule is N#Cc1c(-c2ccc(Cl)cc2)cc(-c2ccc(Cl)cc2)nc1Cl. The monoisotopic (exact) mass is 358 g/mol. The van der Waals surface area contributed by atoms with Gasteiger partial charge in [-0.05, 0) is 35.9 Å². The minimum Gasteiger partial charge on any atom is -0.235 e. The van der Waals surface area contributed by atoms with Gasteiger partial charge in [-0.15, -0.1) is 0 Å². The molecule has 0 N–H and O–H groups in total. The summed E-state index contributed by atoms with van der Waals surface area (Å²) in [6.07, 6.45) is 0. The summed E-state index contributed by atoms with van der Waals surface area (Å²) >= 11 is 18.1. The summed E-state index contributed by atoms with van der Waals surface area (Å²) in [4.78, 5) is 4.32. The minimum atomic E-state index is 0.171. The third-order valence-corrected chi connectivity index (χ3v) is 4.16. The van der Waals surface area contributed by atoms with Gasteiger partial charge in [0, 0.05) is 21.2 Å². The topological polar surface area (TPSA) is 36.7 Å². The Morgan fingerprint density at radius 1 is 0.783 bits per heavy atom. The summed E-state index contributed by atoms with van der Waals surface area (Å²) in [7, 11) is 0. The molecule has 2 nitrogen and oxygen atoms in total. The van der Waals surface area contributed by atoms with Crippen LogP contribution in [0.4, 0.5) is 0 Å². The van der Waals surface area contributed by atoms with Gasteiger partial charge in [-0.25, -0.2) is 4.98 Å². The van der Waals surface area contributed by atoms with Crippen molar-refractivity contribution in [1.29, 1.82) is 5.26 Å². The molecule has 5 heteroatoms. The second-order valence-corrected chi connectivity index (χ2v) is 6.08. The molecule has 23 heavy (non-hydrogen) atoms. The first-order valence-electron chi connectivity index (χ1n) is 6.71. The average molecular weight is 360 g/mol. The maximum absolute atomic E-state index is 9.40. The normalized spacial score (nSPS) is 10.3. The molecule has 112 valence electrons. The van der Waals surface area contributed by atoms with Crippen LogP contribution in [0.15, 0.2) is 54.6 Å². The number of nitrogens with zero attached hydrogens (tertiary/aromatic N) is 2. The van der Waals surface area contributed by atoms with E-state index in [9.17, 15) is 5.26 Å². The first kappa shape index (κ1) is 15.8. The second-order valence-electron chi connectivity index (χ2n) is 4.85. The van der Waals surface area contributed by atoms with E-state index in [4.69, 9.17) is 34.8 Å². The Labute approximate surface area is 148 Å². The molecule has 0 atom stereocenters. The van der Waals surface area contributed by atoms with Gasteiger partial charge in [-0.3, -0.25) is 0 Å². The predicted molar refractivity (Wildman–Crippen MR) is 94.9 cm³/mol. The van der Waals surface area contributed by atoms with Gasteiger partial charge in [-0.1, -0.05) is 59.1 Å². The lowest BCUT2D eigenvalue weighted by Crippen LogP contribution is -1.93. The van der Waals surface area contributed by atoms with Crippen LogP contribution >= 0.6 is 34.8 Å². The second kappa shape index (κ2) is 6.60. The van der Waals surface area contributed by atoms with Gasteiger partial charge in [0.2, 0.25) is 0 Å². The van der Waals surface area contributed by atoms with Crippen molar-refractivity contribution < 1.29 is 0 Å². The van der Waals surface area contributed by atoms with Crippen LogP contribution in [0.3, 0.4) is 0 Å². The molecule has 0 spiro atoms. The van der Waals surface area contributed by atoms with Crippen LogP contribution in [0.1, 0.15) is 5.56 Å². The smallest absolute Gasteiger partial charge is 0.148 e. The summed E-state index contributed by atoms with van der Waals surface area (Å²) in [5, 5.41) is 10.8. The lowest BCUT2D eigenvalue weighted by molar-refractivity contribution is 1.30. The molecule has 3 aromatic rings. The Morgan fingerprint density at radius 3 is 1.83 bits per heavy atom. The van der Waals surface area contributed by atoms with Gasteiger partial charge in [0.25, 0.3) is 0 Å². The molecule has 1 heterocycles. The van der Waals surface area contributed by atoms with Gasteiger partial charge in [0.05, 0.1) is 11.3 Å². The number of hydrogen-bond acceptors (Lipinski definition) is 2. The van der Waals surface area contributed by atoms with Gasteiger partial charge < -0.3 is 0 Å². The molecule has 2 aromatic carbocycles. The lowest BCUT2D eigenvalue weighted by atomic mass is 9.99. The molecule has 0 amide bonds. The molecular formula is C18H9Cl3N2. The fraction of sp³-hybridized carbons (Fsp3) is 0. The van der Waals surface area contributed by atoms with Crippen LogP contribution in [0.5, 0.6) is 0 Å². The Morgan fingerprint density at radius 2 is 1.30 bits per heavy atom. The third-order valence-electron chi connectivity index (χ3n) is 3.38. The van der Waals surface area contributed by atoms with E-state index >= 15 is 0 Å². The summed E-state index contributed by atoms with van der Waals surface area (Å²) in [6, 6.07) is 18.5. The fourth-order valence-corrected chi connectivity index (χ4v) is 2.73. The molecule has 0 bridgehead atoms. The Bertz CT molecular complexity index is 895. The van der Waals surface area contributed by atoms with Gasteiger partial charge in [-0.2, -0.15) is 5.26 Å². The molecule has 0 aliphatic rings. The molecule has 0 aliphatic carbocycles. The maximum Gasteiger partial charge on any atom is 0.148 e. The molecule has 0 saturated carbocycles. The average Bonchev–Trinajstić information content (AvgIpc) is 2.55. The summed E-state index contributed by atoms with van der Waals surface area (Å²) in [5.74, 6) is 0. The highest BCUT2D eigenvalue weighted by atomic mass is 35.5. The van der Waals surface area contributed by atoms with E-state index in [1.54, 1.807) is 24.3 Å². The summed E-state index contributed by atoms with van der Waals surface area (Å²) in [6.45, 7) is 0. The Hall–Kier alpha value is -2.05. The van der Waals surface area contributed by atoms with Crippen LogP contribution in [0.2, 0.25) is 15.2 Å². The van der Waals surface area contributed by atoms with Crippen LogP contribution < -0.4 is 0 Å². The van der Waals surface area contributed by atoms with Crippen molar-refractivity contribution in [3.63, 3.8) is 0 Å². The van der Waals surface area contributed by atoms with Crippen molar-refractivity contribution in [3.8, 4) is 28.5 Å². The molecule has 0 saturated heterocycles. The number of aromatic nitrogens is 1. The highest BCUT2D eigenvalue weighted by molar-refractivity contribution is 6.31. The van der Waals surface area contributed by atoms with E-state index in [-0.39, 0.29) is 5.15 Å². The number of hydrogen-bond donors (Lipinski definition) is 0. The zero-order valence-corrected chi connectivity index (χ0v) is 14.0. The molecule has 0 radical (unpaired) electrons. The largest absolute Gasteiger partial charge is 0.235 e.